The van der Waals surface area contributed by atoms with Gasteiger partial charge in [0.15, 0.2) is 0 Å². The zero-order valence-corrected chi connectivity index (χ0v) is 13.5. The van der Waals surface area contributed by atoms with Crippen molar-refractivity contribution in [2.24, 2.45) is 0 Å². The normalized spacial score (nSPS) is 11.7. The SMILES string of the molecule is CN(Cc1cnc2scc(Cl)c2c1)C(=O)OC(C)(C)C. The molecule has 0 spiro atoms. The van der Waals surface area contributed by atoms with E-state index in [2.05, 4.69) is 4.98 Å². The molecule has 4 nitrogen and oxygen atoms in total. The average molecular weight is 313 g/mol. The van der Waals surface area contributed by atoms with Crippen molar-refractivity contribution in [3.63, 3.8) is 0 Å². The number of amides is 1. The first-order valence-electron chi connectivity index (χ1n) is 6.22. The second kappa shape index (κ2) is 5.58. The van der Waals surface area contributed by atoms with Crippen LogP contribution in [0.2, 0.25) is 5.02 Å². The largest absolute Gasteiger partial charge is 0.444 e. The molecule has 2 rings (SSSR count). The zero-order valence-electron chi connectivity index (χ0n) is 11.9. The molecule has 0 unspecified atom stereocenters. The lowest BCUT2D eigenvalue weighted by Crippen LogP contribution is -2.33. The number of carbonyl (C=O) groups is 1. The summed E-state index contributed by atoms with van der Waals surface area (Å²) < 4.78 is 5.31. The van der Waals surface area contributed by atoms with Crippen LogP contribution in [0.4, 0.5) is 4.79 Å². The third-order valence-corrected chi connectivity index (χ3v) is 3.91. The molecule has 2 aromatic heterocycles. The van der Waals surface area contributed by atoms with Gasteiger partial charge in [0.1, 0.15) is 10.4 Å². The minimum absolute atomic E-state index is 0.353. The van der Waals surface area contributed by atoms with Crippen LogP contribution in [0.5, 0.6) is 0 Å². The van der Waals surface area contributed by atoms with Gasteiger partial charge in [0.05, 0.1) is 11.6 Å². The van der Waals surface area contributed by atoms with Crippen molar-refractivity contribution in [2.75, 3.05) is 7.05 Å². The Balaban J connectivity index is 2.11. The summed E-state index contributed by atoms with van der Waals surface area (Å²) in [6.07, 6.45) is 1.41. The van der Waals surface area contributed by atoms with E-state index in [9.17, 15) is 4.79 Å². The van der Waals surface area contributed by atoms with Gasteiger partial charge in [-0.3, -0.25) is 0 Å². The second-order valence-electron chi connectivity index (χ2n) is 5.62. The minimum Gasteiger partial charge on any atom is -0.444 e. The van der Waals surface area contributed by atoms with Crippen LogP contribution in [0.15, 0.2) is 17.6 Å². The Bertz CT molecular complexity index is 634. The number of aromatic nitrogens is 1. The average Bonchev–Trinajstić information content (AvgIpc) is 2.69. The molecule has 0 N–H and O–H groups in total. The molecule has 2 heterocycles. The van der Waals surface area contributed by atoms with E-state index >= 15 is 0 Å². The molecule has 0 radical (unpaired) electrons. The van der Waals surface area contributed by atoms with Gasteiger partial charge >= 0.3 is 6.09 Å². The molecule has 0 saturated carbocycles. The molecular formula is C14H17ClN2O2S. The van der Waals surface area contributed by atoms with Crippen LogP contribution in [0, 0.1) is 0 Å². The van der Waals surface area contributed by atoms with Gasteiger partial charge in [-0.25, -0.2) is 9.78 Å². The van der Waals surface area contributed by atoms with E-state index in [0.29, 0.717) is 11.6 Å². The van der Waals surface area contributed by atoms with E-state index in [1.165, 1.54) is 16.2 Å². The molecule has 108 valence electrons. The van der Waals surface area contributed by atoms with Crippen molar-refractivity contribution in [1.82, 2.24) is 9.88 Å². The molecule has 0 aromatic carbocycles. The van der Waals surface area contributed by atoms with Crippen molar-refractivity contribution in [1.29, 1.82) is 0 Å². The Hall–Kier alpha value is -1.33. The van der Waals surface area contributed by atoms with Crippen LogP contribution in [-0.4, -0.2) is 28.6 Å². The number of hydrogen-bond donors (Lipinski definition) is 0. The first-order valence-corrected chi connectivity index (χ1v) is 7.48. The van der Waals surface area contributed by atoms with Gasteiger partial charge in [-0.15, -0.1) is 11.3 Å². The number of ether oxygens (including phenoxy) is 1. The Morgan fingerprint density at radius 2 is 2.20 bits per heavy atom. The highest BCUT2D eigenvalue weighted by molar-refractivity contribution is 7.17. The highest BCUT2D eigenvalue weighted by Gasteiger charge is 2.19. The quantitative estimate of drug-likeness (QED) is 0.829. The van der Waals surface area contributed by atoms with Crippen molar-refractivity contribution in [2.45, 2.75) is 32.9 Å². The Kier molecular flexibility index (Phi) is 4.20. The van der Waals surface area contributed by atoms with Crippen LogP contribution in [0.25, 0.3) is 10.2 Å². The molecule has 20 heavy (non-hydrogen) atoms. The van der Waals surface area contributed by atoms with E-state index in [4.69, 9.17) is 16.3 Å². The lowest BCUT2D eigenvalue weighted by molar-refractivity contribution is 0.0285. The zero-order chi connectivity index (χ0) is 14.9. The van der Waals surface area contributed by atoms with Gasteiger partial charge in [-0.2, -0.15) is 0 Å². The summed E-state index contributed by atoms with van der Waals surface area (Å²) in [5, 5.41) is 3.48. The number of nitrogens with zero attached hydrogens (tertiary/aromatic N) is 2. The monoisotopic (exact) mass is 312 g/mol. The maximum Gasteiger partial charge on any atom is 0.410 e. The fourth-order valence-electron chi connectivity index (χ4n) is 1.70. The lowest BCUT2D eigenvalue weighted by atomic mass is 10.2. The van der Waals surface area contributed by atoms with Crippen molar-refractivity contribution in [3.8, 4) is 0 Å². The third kappa shape index (κ3) is 3.61. The number of halogens is 1. The fourth-order valence-corrected chi connectivity index (χ4v) is 2.78. The number of carbonyl (C=O) groups excluding carboxylic acids is 1. The summed E-state index contributed by atoms with van der Waals surface area (Å²) in [7, 11) is 1.70. The van der Waals surface area contributed by atoms with Crippen molar-refractivity contribution < 1.29 is 9.53 Å². The van der Waals surface area contributed by atoms with Crippen LogP contribution in [0.3, 0.4) is 0 Å². The molecule has 0 bridgehead atoms. The number of rotatable bonds is 2. The van der Waals surface area contributed by atoms with Crippen LogP contribution in [0.1, 0.15) is 26.3 Å². The van der Waals surface area contributed by atoms with E-state index in [-0.39, 0.29) is 6.09 Å². The highest BCUT2D eigenvalue weighted by Crippen LogP contribution is 2.29. The lowest BCUT2D eigenvalue weighted by Gasteiger charge is -2.24. The minimum atomic E-state index is -0.496. The standard InChI is InChI=1S/C14H17ClN2O2S/c1-14(2,3)19-13(18)17(4)7-9-5-10-11(15)8-20-12(10)16-6-9/h5-6,8H,7H2,1-4H3. The summed E-state index contributed by atoms with van der Waals surface area (Å²) in [4.78, 5) is 18.7. The predicted molar refractivity (Wildman–Crippen MR) is 82.3 cm³/mol. The molecule has 0 aliphatic heterocycles. The smallest absolute Gasteiger partial charge is 0.410 e. The number of fused-ring (bicyclic) bond motifs is 1. The van der Waals surface area contributed by atoms with Crippen molar-refractivity contribution in [3.05, 3.63) is 28.2 Å². The molecule has 0 aliphatic rings. The molecule has 2 aromatic rings. The van der Waals surface area contributed by atoms with Gasteiger partial charge in [0.25, 0.3) is 0 Å². The summed E-state index contributed by atoms with van der Waals surface area (Å²) in [6, 6.07) is 1.96. The molecule has 6 heteroatoms. The Morgan fingerprint density at radius 1 is 1.50 bits per heavy atom. The molecule has 0 aliphatic carbocycles. The maximum absolute atomic E-state index is 11.9. The van der Waals surface area contributed by atoms with E-state index in [1.807, 2.05) is 32.2 Å². The van der Waals surface area contributed by atoms with Crippen LogP contribution in [-0.2, 0) is 11.3 Å². The molecule has 1 amide bonds. The second-order valence-corrected chi connectivity index (χ2v) is 6.88. The summed E-state index contributed by atoms with van der Waals surface area (Å²) in [6.45, 7) is 5.97. The van der Waals surface area contributed by atoms with Gasteiger partial charge in [0, 0.05) is 24.0 Å². The predicted octanol–water partition coefficient (Wildman–Crippen LogP) is 4.32. The first kappa shape index (κ1) is 15.1. The van der Waals surface area contributed by atoms with Gasteiger partial charge < -0.3 is 9.64 Å². The van der Waals surface area contributed by atoms with Gasteiger partial charge in [0.2, 0.25) is 0 Å². The van der Waals surface area contributed by atoms with Crippen LogP contribution < -0.4 is 0 Å². The van der Waals surface area contributed by atoms with E-state index < -0.39 is 5.60 Å². The highest BCUT2D eigenvalue weighted by atomic mass is 35.5. The van der Waals surface area contributed by atoms with Gasteiger partial charge in [-0.05, 0) is 32.4 Å². The maximum atomic E-state index is 11.9. The number of pyridine rings is 1. The third-order valence-electron chi connectivity index (χ3n) is 2.56. The first-order chi connectivity index (χ1) is 9.26. The molecule has 0 fully saturated rings. The molecule has 0 atom stereocenters. The molecular weight excluding hydrogens is 296 g/mol. The van der Waals surface area contributed by atoms with Crippen LogP contribution >= 0.6 is 22.9 Å². The summed E-state index contributed by atoms with van der Waals surface area (Å²) in [5.74, 6) is 0. The number of hydrogen-bond acceptors (Lipinski definition) is 4. The molecule has 0 saturated heterocycles. The number of thiophene rings is 1. The van der Waals surface area contributed by atoms with E-state index in [1.54, 1.807) is 13.2 Å². The van der Waals surface area contributed by atoms with Gasteiger partial charge in [-0.1, -0.05) is 11.6 Å². The topological polar surface area (TPSA) is 42.4 Å². The van der Waals surface area contributed by atoms with Crippen molar-refractivity contribution >= 4 is 39.2 Å². The fraction of sp³-hybridized carbons (Fsp3) is 0.429. The Morgan fingerprint density at radius 3 is 2.85 bits per heavy atom. The van der Waals surface area contributed by atoms with E-state index in [0.717, 1.165) is 15.8 Å². The summed E-state index contributed by atoms with van der Waals surface area (Å²) >= 11 is 7.60. The Labute approximate surface area is 127 Å². The summed E-state index contributed by atoms with van der Waals surface area (Å²) in [5.41, 5.74) is 0.427.